The second-order valence-electron chi connectivity index (χ2n) is 8.12. The molecule has 28 heavy (non-hydrogen) atoms. The number of aromatic nitrogens is 3. The zero-order valence-corrected chi connectivity index (χ0v) is 16.7. The van der Waals surface area contributed by atoms with Gasteiger partial charge in [-0.2, -0.15) is 0 Å². The minimum absolute atomic E-state index is 0.268. The van der Waals surface area contributed by atoms with E-state index in [-0.39, 0.29) is 6.29 Å². The summed E-state index contributed by atoms with van der Waals surface area (Å²) >= 11 is 6.43. The van der Waals surface area contributed by atoms with E-state index in [1.54, 1.807) is 4.68 Å². The molecular formula is C21H23ClN4O2. The van der Waals surface area contributed by atoms with Crippen molar-refractivity contribution in [1.29, 1.82) is 0 Å². The molecular weight excluding hydrogens is 376 g/mol. The Morgan fingerprint density at radius 1 is 1.29 bits per heavy atom. The van der Waals surface area contributed by atoms with Gasteiger partial charge in [0.05, 0.1) is 36.7 Å². The lowest BCUT2D eigenvalue weighted by atomic mass is 10.1. The van der Waals surface area contributed by atoms with E-state index in [0.29, 0.717) is 28.7 Å². The molecule has 0 amide bonds. The molecule has 0 radical (unpaired) electrons. The van der Waals surface area contributed by atoms with Gasteiger partial charge in [0.1, 0.15) is 0 Å². The minimum atomic E-state index is -0.268. The summed E-state index contributed by atoms with van der Waals surface area (Å²) in [7, 11) is 1.93. The average Bonchev–Trinajstić information content (AvgIpc) is 3.63. The van der Waals surface area contributed by atoms with Crippen molar-refractivity contribution < 1.29 is 9.47 Å². The van der Waals surface area contributed by atoms with Crippen molar-refractivity contribution in [3.63, 3.8) is 0 Å². The maximum absolute atomic E-state index is 6.43. The van der Waals surface area contributed by atoms with Crippen molar-refractivity contribution in [2.45, 2.75) is 38.5 Å². The van der Waals surface area contributed by atoms with Crippen LogP contribution in [0.1, 0.15) is 31.2 Å². The number of anilines is 2. The molecule has 0 unspecified atom stereocenters. The number of hydrogen-bond acceptors (Lipinski definition) is 5. The number of nitrogens with zero attached hydrogens (tertiary/aromatic N) is 4. The van der Waals surface area contributed by atoms with Crippen LogP contribution in [0.2, 0.25) is 5.02 Å². The fourth-order valence-electron chi connectivity index (χ4n) is 3.27. The summed E-state index contributed by atoms with van der Waals surface area (Å²) in [6.07, 6.45) is 6.46. The summed E-state index contributed by atoms with van der Waals surface area (Å²) in [5.74, 6) is 7.81. The van der Waals surface area contributed by atoms with Crippen LogP contribution in [-0.4, -0.2) is 41.5 Å². The predicted molar refractivity (Wildman–Crippen MR) is 106 cm³/mol. The Balaban J connectivity index is 1.27. The zero-order chi connectivity index (χ0) is 19.1. The van der Waals surface area contributed by atoms with E-state index in [2.05, 4.69) is 22.2 Å². The van der Waals surface area contributed by atoms with Gasteiger partial charge < -0.3 is 14.4 Å². The zero-order valence-electron chi connectivity index (χ0n) is 15.9. The molecule has 1 aliphatic heterocycles. The number of ether oxygens (including phenoxy) is 2. The van der Waals surface area contributed by atoms with Crippen LogP contribution in [0.25, 0.3) is 0 Å². The molecule has 2 saturated carbocycles. The van der Waals surface area contributed by atoms with Crippen LogP contribution >= 0.6 is 11.6 Å². The Hall–Kier alpha value is -2.07. The highest BCUT2D eigenvalue weighted by Crippen LogP contribution is 2.48. The van der Waals surface area contributed by atoms with Crippen molar-refractivity contribution in [2.24, 2.45) is 11.3 Å². The summed E-state index contributed by atoms with van der Waals surface area (Å²) in [5, 5.41) is 9.16. The van der Waals surface area contributed by atoms with E-state index in [1.165, 1.54) is 25.7 Å². The number of rotatable bonds is 4. The molecule has 0 N–H and O–H groups in total. The SMILES string of the molecule is CN(c1cn(CC2OCC3(CC3)CO2)nn1)c1cc(C#CC2CC2)ccc1Cl. The summed E-state index contributed by atoms with van der Waals surface area (Å²) in [5.41, 5.74) is 2.12. The average molecular weight is 399 g/mol. The molecule has 3 fully saturated rings. The van der Waals surface area contributed by atoms with Gasteiger partial charge in [0, 0.05) is 23.9 Å². The molecule has 1 aromatic carbocycles. The smallest absolute Gasteiger partial charge is 0.177 e. The van der Waals surface area contributed by atoms with Gasteiger partial charge in [0.2, 0.25) is 0 Å². The van der Waals surface area contributed by atoms with Gasteiger partial charge in [-0.3, -0.25) is 0 Å². The third-order valence-corrected chi connectivity index (χ3v) is 5.94. The fourth-order valence-corrected chi connectivity index (χ4v) is 3.51. The van der Waals surface area contributed by atoms with Crippen molar-refractivity contribution in [1.82, 2.24) is 15.0 Å². The van der Waals surface area contributed by atoms with E-state index >= 15 is 0 Å². The van der Waals surface area contributed by atoms with Crippen molar-refractivity contribution in [3.05, 3.63) is 35.0 Å². The molecule has 0 atom stereocenters. The first kappa shape index (κ1) is 18.0. The molecule has 1 aromatic heterocycles. The quantitative estimate of drug-likeness (QED) is 0.736. The number of benzene rings is 1. The van der Waals surface area contributed by atoms with E-state index in [1.807, 2.05) is 36.3 Å². The van der Waals surface area contributed by atoms with Crippen LogP contribution in [0.4, 0.5) is 11.5 Å². The molecule has 146 valence electrons. The molecule has 2 heterocycles. The van der Waals surface area contributed by atoms with Crippen molar-refractivity contribution in [3.8, 4) is 11.8 Å². The third-order valence-electron chi connectivity index (χ3n) is 5.62. The third kappa shape index (κ3) is 3.88. The summed E-state index contributed by atoms with van der Waals surface area (Å²) in [6, 6.07) is 5.83. The molecule has 5 rings (SSSR count). The summed E-state index contributed by atoms with van der Waals surface area (Å²) in [4.78, 5) is 1.93. The Morgan fingerprint density at radius 3 is 2.79 bits per heavy atom. The monoisotopic (exact) mass is 398 g/mol. The lowest BCUT2D eigenvalue weighted by Gasteiger charge is -2.29. The Kier molecular flexibility index (Phi) is 4.54. The Labute approximate surface area is 169 Å². The predicted octanol–water partition coefficient (Wildman–Crippen LogP) is 3.61. The van der Waals surface area contributed by atoms with Gasteiger partial charge >= 0.3 is 0 Å². The lowest BCUT2D eigenvalue weighted by molar-refractivity contribution is -0.213. The largest absolute Gasteiger partial charge is 0.350 e. The molecule has 2 aromatic rings. The first-order valence-electron chi connectivity index (χ1n) is 9.78. The molecule has 6 nitrogen and oxygen atoms in total. The molecule has 7 heteroatoms. The topological polar surface area (TPSA) is 52.4 Å². The normalized spacial score (nSPS) is 20.6. The van der Waals surface area contributed by atoms with Crippen LogP contribution in [-0.2, 0) is 16.0 Å². The van der Waals surface area contributed by atoms with E-state index in [9.17, 15) is 0 Å². The van der Waals surface area contributed by atoms with E-state index < -0.39 is 0 Å². The van der Waals surface area contributed by atoms with Crippen LogP contribution in [0.3, 0.4) is 0 Å². The maximum Gasteiger partial charge on any atom is 0.177 e. The second-order valence-corrected chi connectivity index (χ2v) is 8.53. The van der Waals surface area contributed by atoms with E-state index in [0.717, 1.165) is 24.5 Å². The van der Waals surface area contributed by atoms with Crippen molar-refractivity contribution >= 4 is 23.1 Å². The number of halogens is 1. The van der Waals surface area contributed by atoms with Gasteiger partial charge in [0.25, 0.3) is 0 Å². The van der Waals surface area contributed by atoms with Gasteiger partial charge in [0.15, 0.2) is 12.1 Å². The highest BCUT2D eigenvalue weighted by molar-refractivity contribution is 6.33. The van der Waals surface area contributed by atoms with Crippen LogP contribution < -0.4 is 4.90 Å². The van der Waals surface area contributed by atoms with Gasteiger partial charge in [-0.05, 0) is 43.9 Å². The molecule has 1 spiro atoms. The summed E-state index contributed by atoms with van der Waals surface area (Å²) < 4.78 is 13.4. The second kappa shape index (κ2) is 7.07. The fraction of sp³-hybridized carbons (Fsp3) is 0.524. The minimum Gasteiger partial charge on any atom is -0.350 e. The standard InChI is InChI=1S/C21H23ClN4O2/c1-25(18-10-16(6-7-17(18)22)5-4-15-2-3-15)19-11-26(24-23-19)12-20-27-13-21(8-9-21)14-28-20/h6-7,10-11,15,20H,2-3,8-9,12-14H2,1H3. The van der Waals surface area contributed by atoms with Crippen LogP contribution in [0, 0.1) is 23.2 Å². The Bertz CT molecular complexity index is 929. The van der Waals surface area contributed by atoms with Gasteiger partial charge in [-0.15, -0.1) is 5.10 Å². The van der Waals surface area contributed by atoms with Crippen LogP contribution in [0.5, 0.6) is 0 Å². The van der Waals surface area contributed by atoms with E-state index in [4.69, 9.17) is 21.1 Å². The highest BCUT2D eigenvalue weighted by Gasteiger charge is 2.46. The maximum atomic E-state index is 6.43. The Morgan fingerprint density at radius 2 is 2.07 bits per heavy atom. The molecule has 0 bridgehead atoms. The van der Waals surface area contributed by atoms with Gasteiger partial charge in [-0.25, -0.2) is 4.68 Å². The number of hydrogen-bond donors (Lipinski definition) is 0. The highest BCUT2D eigenvalue weighted by atomic mass is 35.5. The molecule has 1 saturated heterocycles. The first-order chi connectivity index (χ1) is 13.6. The van der Waals surface area contributed by atoms with Gasteiger partial charge in [-0.1, -0.05) is 28.7 Å². The molecule has 2 aliphatic carbocycles. The van der Waals surface area contributed by atoms with Crippen LogP contribution in [0.15, 0.2) is 24.4 Å². The van der Waals surface area contributed by atoms with Crippen molar-refractivity contribution in [2.75, 3.05) is 25.2 Å². The first-order valence-corrected chi connectivity index (χ1v) is 10.2. The summed E-state index contributed by atoms with van der Waals surface area (Å²) in [6.45, 7) is 2.09. The lowest BCUT2D eigenvalue weighted by Crippen LogP contribution is -2.36. The molecule has 3 aliphatic rings.